The molecule has 7 atom stereocenters. The quantitative estimate of drug-likeness (QED) is 0.177. The Balaban J connectivity index is 1.65. The van der Waals surface area contributed by atoms with E-state index in [4.69, 9.17) is 5.73 Å². The summed E-state index contributed by atoms with van der Waals surface area (Å²) in [6.45, 7) is 1.63. The molecule has 2 aromatic rings. The number of rotatable bonds is 6. The number of phenols is 1. The first kappa shape index (κ1) is 31.9. The van der Waals surface area contributed by atoms with Crippen LogP contribution >= 0.6 is 0 Å². The molecule has 1 saturated carbocycles. The van der Waals surface area contributed by atoms with E-state index < -0.39 is 93.3 Å². The summed E-state index contributed by atoms with van der Waals surface area (Å²) in [6, 6.07) is 9.72. The van der Waals surface area contributed by atoms with Gasteiger partial charge in [-0.2, -0.15) is 0 Å². The SMILES string of the molecule is CC1c2ccc(NC(=O)C(c3ccccc3)N(C)C)c(O)c2C(O)=C2C(=O)[C@]3(O)C(O)=C(C(N)=O)C(=O)[C@@H](N(C)C)C3C(O)C21. The number of benzene rings is 2. The van der Waals surface area contributed by atoms with Gasteiger partial charge in [-0.15, -0.1) is 0 Å². The molecular formula is C32H36N4O9. The summed E-state index contributed by atoms with van der Waals surface area (Å²) in [5.41, 5.74) is 1.56. The molecule has 0 aromatic heterocycles. The van der Waals surface area contributed by atoms with Crippen molar-refractivity contribution in [1.29, 1.82) is 0 Å². The molecule has 0 heterocycles. The summed E-state index contributed by atoms with van der Waals surface area (Å²) >= 11 is 0. The van der Waals surface area contributed by atoms with E-state index in [-0.39, 0.29) is 11.3 Å². The molecule has 5 rings (SSSR count). The Hall–Kier alpha value is -4.56. The summed E-state index contributed by atoms with van der Waals surface area (Å²) in [5.74, 6) is -10.4. The van der Waals surface area contributed by atoms with E-state index in [1.165, 1.54) is 31.1 Å². The van der Waals surface area contributed by atoms with Crippen LogP contribution in [0.4, 0.5) is 5.69 Å². The van der Waals surface area contributed by atoms with Crippen LogP contribution in [0.25, 0.3) is 5.76 Å². The predicted molar refractivity (Wildman–Crippen MR) is 162 cm³/mol. The van der Waals surface area contributed by atoms with Gasteiger partial charge in [0.2, 0.25) is 11.7 Å². The smallest absolute Gasteiger partial charge is 0.255 e. The highest BCUT2D eigenvalue weighted by molar-refractivity contribution is 6.24. The zero-order chi connectivity index (χ0) is 33.3. The van der Waals surface area contributed by atoms with Crippen LogP contribution in [0.1, 0.15) is 35.6 Å². The van der Waals surface area contributed by atoms with Crippen molar-refractivity contribution in [2.24, 2.45) is 17.6 Å². The minimum atomic E-state index is -3.01. The third kappa shape index (κ3) is 4.53. The largest absolute Gasteiger partial charge is 0.508 e. The molecule has 13 nitrogen and oxygen atoms in total. The third-order valence-electron chi connectivity index (χ3n) is 9.27. The fraction of sp³-hybridized carbons (Fsp3) is 0.375. The number of aliphatic hydroxyl groups excluding tert-OH is 3. The first-order chi connectivity index (χ1) is 21.1. The van der Waals surface area contributed by atoms with Gasteiger partial charge in [-0.05, 0) is 51.3 Å². The lowest BCUT2D eigenvalue weighted by atomic mass is 9.54. The second-order valence-corrected chi connectivity index (χ2v) is 12.2. The Bertz CT molecular complexity index is 1680. The number of carbonyl (C=O) groups is 4. The molecule has 0 bridgehead atoms. The van der Waals surface area contributed by atoms with Crippen molar-refractivity contribution in [3.63, 3.8) is 0 Å². The minimum absolute atomic E-state index is 0.0746. The monoisotopic (exact) mass is 620 g/mol. The first-order valence-corrected chi connectivity index (χ1v) is 14.3. The van der Waals surface area contributed by atoms with Gasteiger partial charge in [-0.1, -0.05) is 43.3 Å². The Morgan fingerprint density at radius 1 is 1.00 bits per heavy atom. The number of nitrogens with one attached hydrogen (secondary N) is 1. The molecule has 238 valence electrons. The van der Waals surface area contributed by atoms with Crippen molar-refractivity contribution in [2.75, 3.05) is 33.5 Å². The van der Waals surface area contributed by atoms with E-state index in [9.17, 15) is 44.7 Å². The zero-order valence-corrected chi connectivity index (χ0v) is 25.3. The second kappa shape index (κ2) is 11.1. The Morgan fingerprint density at radius 2 is 1.62 bits per heavy atom. The fourth-order valence-electron chi connectivity index (χ4n) is 7.24. The maximum Gasteiger partial charge on any atom is 0.255 e. The Kier molecular flexibility index (Phi) is 7.86. The van der Waals surface area contributed by atoms with Crippen LogP contribution in [0.15, 0.2) is 59.4 Å². The number of likely N-dealkylation sites (N-methyl/N-ethyl adjacent to an activating group) is 2. The van der Waals surface area contributed by atoms with Gasteiger partial charge in [-0.25, -0.2) is 0 Å². The van der Waals surface area contributed by atoms with Crippen molar-refractivity contribution in [3.05, 3.63) is 76.1 Å². The number of hydrogen-bond donors (Lipinski definition) is 7. The number of aliphatic hydroxyl groups is 4. The summed E-state index contributed by atoms with van der Waals surface area (Å²) in [4.78, 5) is 56.1. The lowest BCUT2D eigenvalue weighted by Gasteiger charge is -2.53. The van der Waals surface area contributed by atoms with Gasteiger partial charge >= 0.3 is 0 Å². The minimum Gasteiger partial charge on any atom is -0.508 e. The van der Waals surface area contributed by atoms with E-state index in [2.05, 4.69) is 5.32 Å². The number of fused-ring (bicyclic) bond motifs is 3. The number of hydrogen-bond acceptors (Lipinski definition) is 11. The molecule has 0 radical (unpaired) electrons. The average molecular weight is 621 g/mol. The molecule has 3 aliphatic rings. The second-order valence-electron chi connectivity index (χ2n) is 12.2. The number of carbonyl (C=O) groups excluding carboxylic acids is 4. The van der Waals surface area contributed by atoms with Gasteiger partial charge in [0.15, 0.2) is 11.4 Å². The molecule has 13 heteroatoms. The lowest BCUT2D eigenvalue weighted by molar-refractivity contribution is -0.169. The fourth-order valence-corrected chi connectivity index (χ4v) is 7.24. The van der Waals surface area contributed by atoms with Crippen LogP contribution in [0.2, 0.25) is 0 Å². The van der Waals surface area contributed by atoms with E-state index in [1.807, 2.05) is 6.07 Å². The average Bonchev–Trinajstić information content (AvgIpc) is 2.96. The highest BCUT2D eigenvalue weighted by Crippen LogP contribution is 2.56. The van der Waals surface area contributed by atoms with Crippen molar-refractivity contribution < 1.29 is 44.7 Å². The number of primary amides is 1. The summed E-state index contributed by atoms with van der Waals surface area (Å²) in [7, 11) is 6.31. The Morgan fingerprint density at radius 3 is 2.18 bits per heavy atom. The van der Waals surface area contributed by atoms with Gasteiger partial charge in [-0.3, -0.25) is 29.0 Å². The van der Waals surface area contributed by atoms with Gasteiger partial charge in [0, 0.05) is 11.5 Å². The van der Waals surface area contributed by atoms with Crippen molar-refractivity contribution >= 4 is 34.8 Å². The molecule has 0 spiro atoms. The maximum atomic E-state index is 14.2. The molecule has 45 heavy (non-hydrogen) atoms. The first-order valence-electron chi connectivity index (χ1n) is 14.3. The molecule has 3 aliphatic carbocycles. The van der Waals surface area contributed by atoms with Crippen molar-refractivity contribution in [2.45, 2.75) is 36.6 Å². The molecule has 2 amide bonds. The van der Waals surface area contributed by atoms with Crippen LogP contribution in [0.3, 0.4) is 0 Å². The maximum absolute atomic E-state index is 14.2. The van der Waals surface area contributed by atoms with Crippen LogP contribution in [0.5, 0.6) is 5.75 Å². The molecular weight excluding hydrogens is 584 g/mol. The number of anilines is 1. The standard InChI is InChI=1S/C32H36N4O9/c1-13-15-11-12-16(34-31(44)22(35(2)3)14-9-7-6-8-10-14)24(37)18(15)25(38)19-17(13)26(39)21-23(36(4)5)27(40)20(30(33)43)29(42)32(21,45)28(19)41/h6-13,17,21-23,26,37-39,42,45H,1-5H3,(H2,33,43)(H,34,44)/t13?,17?,21?,22?,23-,26?,32-/m0/s1. The molecule has 0 saturated heterocycles. The number of nitrogens with two attached hydrogens (primary N) is 1. The van der Waals surface area contributed by atoms with Crippen LogP contribution in [-0.2, 0) is 19.2 Å². The number of nitrogens with zero attached hydrogens (tertiary/aromatic N) is 2. The summed E-state index contributed by atoms with van der Waals surface area (Å²) in [5, 5.41) is 60.2. The number of phenolic OH excluding ortho intramolecular Hbond substituents is 1. The lowest BCUT2D eigenvalue weighted by Crippen LogP contribution is -2.70. The van der Waals surface area contributed by atoms with Crippen LogP contribution in [-0.4, -0.2) is 105 Å². The van der Waals surface area contributed by atoms with Gasteiger partial charge in [0.25, 0.3) is 5.91 Å². The number of Topliss-reactive ketones (excluding diaryl/α,β-unsaturated/α-hetero) is 2. The number of aromatic hydroxyl groups is 1. The van der Waals surface area contributed by atoms with Crippen LogP contribution < -0.4 is 11.1 Å². The van der Waals surface area contributed by atoms with E-state index in [0.717, 1.165) is 0 Å². The molecule has 0 aliphatic heterocycles. The van der Waals surface area contributed by atoms with Crippen LogP contribution in [0, 0.1) is 11.8 Å². The van der Waals surface area contributed by atoms with Gasteiger partial charge in [0.1, 0.15) is 28.9 Å². The highest BCUT2D eigenvalue weighted by atomic mass is 16.4. The Labute approximate surface area is 258 Å². The summed E-state index contributed by atoms with van der Waals surface area (Å²) < 4.78 is 0. The van der Waals surface area contributed by atoms with Crippen molar-refractivity contribution in [1.82, 2.24) is 9.80 Å². The van der Waals surface area contributed by atoms with E-state index in [0.29, 0.717) is 11.1 Å². The molecule has 8 N–H and O–H groups in total. The van der Waals surface area contributed by atoms with E-state index in [1.54, 1.807) is 50.2 Å². The van der Waals surface area contributed by atoms with Crippen molar-refractivity contribution in [3.8, 4) is 5.75 Å². The highest BCUT2D eigenvalue weighted by Gasteiger charge is 2.68. The number of ketones is 2. The molecule has 1 fully saturated rings. The molecule has 2 aromatic carbocycles. The van der Waals surface area contributed by atoms with E-state index >= 15 is 0 Å². The topological polar surface area (TPSA) is 214 Å². The third-order valence-corrected chi connectivity index (χ3v) is 9.27. The molecule has 5 unspecified atom stereocenters. The number of amides is 2. The van der Waals surface area contributed by atoms with Gasteiger partial charge in [0.05, 0.1) is 29.3 Å². The van der Waals surface area contributed by atoms with Gasteiger partial charge < -0.3 is 36.6 Å². The predicted octanol–water partition coefficient (Wildman–Crippen LogP) is 0.737. The zero-order valence-electron chi connectivity index (χ0n) is 25.3. The summed E-state index contributed by atoms with van der Waals surface area (Å²) in [6.07, 6.45) is -1.70. The normalized spacial score (nSPS) is 28.5.